The van der Waals surface area contributed by atoms with Gasteiger partial charge >= 0.3 is 5.97 Å². The quantitative estimate of drug-likeness (QED) is 0.489. The fraction of sp³-hybridized carbons (Fsp3) is 0.231. The molecule has 2 rings (SSSR count). The first-order chi connectivity index (χ1) is 9.92. The summed E-state index contributed by atoms with van der Waals surface area (Å²) in [6.45, 7) is 1.63. The zero-order chi connectivity index (χ0) is 15.7. The van der Waals surface area contributed by atoms with Crippen LogP contribution in [0.5, 0.6) is 0 Å². The third kappa shape index (κ3) is 2.65. The third-order valence-electron chi connectivity index (χ3n) is 2.65. The van der Waals surface area contributed by atoms with Gasteiger partial charge in [-0.1, -0.05) is 0 Å². The highest BCUT2D eigenvalue weighted by Crippen LogP contribution is 2.32. The topological polar surface area (TPSA) is 43.4 Å². The predicted octanol–water partition coefficient (Wildman–Crippen LogP) is 3.58. The van der Waals surface area contributed by atoms with Gasteiger partial charge in [0.05, 0.1) is 15.5 Å². The Morgan fingerprint density at radius 2 is 2.00 bits per heavy atom. The van der Waals surface area contributed by atoms with Gasteiger partial charge in [0.2, 0.25) is 5.43 Å². The van der Waals surface area contributed by atoms with Crippen LogP contribution in [0.3, 0.4) is 0 Å². The predicted molar refractivity (Wildman–Crippen MR) is 75.7 cm³/mol. The van der Waals surface area contributed by atoms with E-state index in [1.54, 1.807) is 13.2 Å². The Balaban J connectivity index is 2.89. The molecule has 0 aliphatic rings. The summed E-state index contributed by atoms with van der Waals surface area (Å²) in [5.74, 6) is -5.42. The van der Waals surface area contributed by atoms with Gasteiger partial charge < -0.3 is 4.74 Å². The Bertz CT molecular complexity index is 787. The number of thioether (sulfide) groups is 1. The van der Waals surface area contributed by atoms with Crippen LogP contribution in [0, 0.1) is 17.5 Å². The average molecular weight is 334 g/mol. The molecule has 0 saturated carbocycles. The van der Waals surface area contributed by atoms with Crippen molar-refractivity contribution in [1.29, 1.82) is 0 Å². The minimum Gasteiger partial charge on any atom is -0.462 e. The molecule has 0 aliphatic heterocycles. The molecule has 0 saturated heterocycles. The summed E-state index contributed by atoms with van der Waals surface area (Å²) >= 11 is 1.74. The van der Waals surface area contributed by atoms with Crippen molar-refractivity contribution in [2.45, 2.75) is 11.1 Å². The number of esters is 1. The molecule has 1 aromatic heterocycles. The van der Waals surface area contributed by atoms with Crippen molar-refractivity contribution in [3.05, 3.63) is 39.3 Å². The lowest BCUT2D eigenvalue weighted by Gasteiger charge is -2.08. The summed E-state index contributed by atoms with van der Waals surface area (Å²) in [6.07, 6.45) is 1.58. The van der Waals surface area contributed by atoms with Crippen LogP contribution in [0.15, 0.2) is 15.1 Å². The Morgan fingerprint density at radius 1 is 1.33 bits per heavy atom. The number of fused-ring (bicyclic) bond motifs is 1. The van der Waals surface area contributed by atoms with Crippen molar-refractivity contribution in [3.63, 3.8) is 0 Å². The van der Waals surface area contributed by atoms with Crippen LogP contribution >= 0.6 is 23.1 Å². The highest BCUT2D eigenvalue weighted by atomic mass is 32.2. The van der Waals surface area contributed by atoms with Gasteiger partial charge in [-0.2, -0.15) is 0 Å². The second-order valence-electron chi connectivity index (χ2n) is 3.88. The molecule has 3 nitrogen and oxygen atoms in total. The SMILES string of the molecule is CCOC(=O)c1c(SC)sc2c(F)c(F)c(F)cc2c1=O. The first kappa shape index (κ1) is 15.8. The zero-order valence-corrected chi connectivity index (χ0v) is 12.6. The largest absolute Gasteiger partial charge is 0.462 e. The second kappa shape index (κ2) is 6.07. The molecule has 0 fully saturated rings. The van der Waals surface area contributed by atoms with E-state index in [1.165, 1.54) is 0 Å². The van der Waals surface area contributed by atoms with Gasteiger partial charge in [-0.15, -0.1) is 23.1 Å². The summed E-state index contributed by atoms with van der Waals surface area (Å²) in [5, 5.41) is -0.378. The van der Waals surface area contributed by atoms with E-state index in [9.17, 15) is 22.8 Å². The fourth-order valence-corrected chi connectivity index (χ4v) is 3.61. The van der Waals surface area contributed by atoms with Crippen LogP contribution in [0.4, 0.5) is 13.2 Å². The summed E-state index contributed by atoms with van der Waals surface area (Å²) in [5.41, 5.74) is -1.16. The standard InChI is InChI=1S/C13H9F3O3S2/c1-3-19-12(18)7-10(17)5-4-6(14)8(15)9(16)11(5)21-13(7)20-2/h4H,3H2,1-2H3. The van der Waals surface area contributed by atoms with Crippen molar-refractivity contribution in [2.24, 2.45) is 0 Å². The molecular formula is C13H9F3O3S2. The molecule has 0 radical (unpaired) electrons. The minimum atomic E-state index is -1.64. The lowest BCUT2D eigenvalue weighted by Crippen LogP contribution is -2.19. The second-order valence-corrected chi connectivity index (χ2v) is 5.98. The van der Waals surface area contributed by atoms with E-state index in [-0.39, 0.29) is 26.5 Å². The van der Waals surface area contributed by atoms with Gasteiger partial charge in [0.15, 0.2) is 17.5 Å². The lowest BCUT2D eigenvalue weighted by molar-refractivity contribution is 0.0522. The first-order valence-corrected chi connectivity index (χ1v) is 7.81. The van der Waals surface area contributed by atoms with Crippen molar-refractivity contribution < 1.29 is 22.7 Å². The average Bonchev–Trinajstić information content (AvgIpc) is 2.45. The highest BCUT2D eigenvalue weighted by molar-refractivity contribution is 8.00. The van der Waals surface area contributed by atoms with E-state index in [1.807, 2.05) is 0 Å². The molecule has 0 bridgehead atoms. The van der Waals surface area contributed by atoms with E-state index >= 15 is 0 Å². The Morgan fingerprint density at radius 3 is 2.57 bits per heavy atom. The summed E-state index contributed by atoms with van der Waals surface area (Å²) in [7, 11) is 0. The first-order valence-electron chi connectivity index (χ1n) is 5.77. The Kier molecular flexibility index (Phi) is 4.58. The molecule has 8 heteroatoms. The smallest absolute Gasteiger partial charge is 0.344 e. The number of carbonyl (C=O) groups excluding carboxylic acids is 1. The third-order valence-corrected chi connectivity index (χ3v) is 4.97. The molecule has 2 aromatic rings. The molecule has 112 valence electrons. The van der Waals surface area contributed by atoms with Gasteiger partial charge in [-0.25, -0.2) is 18.0 Å². The van der Waals surface area contributed by atoms with E-state index in [2.05, 4.69) is 0 Å². The van der Waals surface area contributed by atoms with Crippen molar-refractivity contribution in [2.75, 3.05) is 12.9 Å². The fourth-order valence-electron chi connectivity index (χ4n) is 1.74. The molecule has 1 aromatic carbocycles. The number of carbonyl (C=O) groups is 1. The maximum atomic E-state index is 13.8. The molecule has 0 N–H and O–H groups in total. The monoisotopic (exact) mass is 334 g/mol. The van der Waals surface area contributed by atoms with Crippen molar-refractivity contribution in [3.8, 4) is 0 Å². The van der Waals surface area contributed by atoms with Crippen LogP contribution in [0.2, 0.25) is 0 Å². The summed E-state index contributed by atoms with van der Waals surface area (Å²) in [4.78, 5) is 24.1. The number of rotatable bonds is 3. The van der Waals surface area contributed by atoms with Crippen molar-refractivity contribution in [1.82, 2.24) is 0 Å². The Labute approximate surface area is 125 Å². The number of hydrogen-bond donors (Lipinski definition) is 0. The molecule has 0 spiro atoms. The summed E-state index contributed by atoms with van der Waals surface area (Å²) in [6, 6.07) is 0.597. The van der Waals surface area contributed by atoms with Crippen LogP contribution < -0.4 is 5.43 Å². The molecule has 0 amide bonds. The lowest BCUT2D eigenvalue weighted by atomic mass is 10.2. The van der Waals surface area contributed by atoms with E-state index < -0.39 is 28.8 Å². The van der Waals surface area contributed by atoms with Crippen LogP contribution in [-0.2, 0) is 4.74 Å². The van der Waals surface area contributed by atoms with E-state index in [0.717, 1.165) is 11.8 Å². The number of ether oxygens (including phenoxy) is 1. The van der Waals surface area contributed by atoms with Gasteiger partial charge in [-0.05, 0) is 19.2 Å². The van der Waals surface area contributed by atoms with Gasteiger partial charge in [0, 0.05) is 5.39 Å². The number of hydrogen-bond acceptors (Lipinski definition) is 5. The van der Waals surface area contributed by atoms with Gasteiger partial charge in [0.1, 0.15) is 5.56 Å². The summed E-state index contributed by atoms with van der Waals surface area (Å²) < 4.78 is 45.0. The molecule has 21 heavy (non-hydrogen) atoms. The molecule has 0 unspecified atom stereocenters. The normalized spacial score (nSPS) is 10.9. The minimum absolute atomic E-state index is 0.0565. The maximum Gasteiger partial charge on any atom is 0.344 e. The molecule has 1 heterocycles. The van der Waals surface area contributed by atoms with Crippen LogP contribution in [-0.4, -0.2) is 18.8 Å². The maximum absolute atomic E-state index is 13.8. The molecule has 0 atom stereocenters. The van der Waals surface area contributed by atoms with Gasteiger partial charge in [-0.3, -0.25) is 4.79 Å². The number of benzene rings is 1. The zero-order valence-electron chi connectivity index (χ0n) is 11.0. The number of halogens is 3. The highest BCUT2D eigenvalue weighted by Gasteiger charge is 2.24. The van der Waals surface area contributed by atoms with Crippen LogP contribution in [0.25, 0.3) is 10.1 Å². The molecular weight excluding hydrogens is 325 g/mol. The van der Waals surface area contributed by atoms with E-state index in [4.69, 9.17) is 4.74 Å². The Hall–Kier alpha value is -1.54. The van der Waals surface area contributed by atoms with Crippen molar-refractivity contribution >= 4 is 39.2 Å². The van der Waals surface area contributed by atoms with Crippen LogP contribution in [0.1, 0.15) is 17.3 Å². The van der Waals surface area contributed by atoms with E-state index in [0.29, 0.717) is 17.4 Å². The van der Waals surface area contributed by atoms with Gasteiger partial charge in [0.25, 0.3) is 0 Å². The molecule has 0 aliphatic carbocycles.